The number of nitrogens with zero attached hydrogens (tertiary/aromatic N) is 2. The minimum absolute atomic E-state index is 0.659. The lowest BCUT2D eigenvalue weighted by molar-refractivity contribution is 0.239. The van der Waals surface area contributed by atoms with Crippen LogP contribution in [-0.2, 0) is 19.3 Å². The monoisotopic (exact) mass is 258 g/mol. The molecule has 2 heterocycles. The maximum atomic E-state index is 5.01. The lowest BCUT2D eigenvalue weighted by Crippen LogP contribution is -2.29. The Bertz CT molecular complexity index is 494. The molecular formula is C17H26N2. The zero-order chi connectivity index (χ0) is 13.0. The summed E-state index contributed by atoms with van der Waals surface area (Å²) >= 11 is 0. The van der Waals surface area contributed by atoms with Gasteiger partial charge in [0, 0.05) is 18.2 Å². The van der Waals surface area contributed by atoms with E-state index in [2.05, 4.69) is 18.4 Å². The van der Waals surface area contributed by atoms with Crippen LogP contribution < -0.4 is 0 Å². The third-order valence-electron chi connectivity index (χ3n) is 5.98. The molecule has 1 saturated carbocycles. The molecule has 1 aromatic heterocycles. The molecule has 104 valence electrons. The Kier molecular flexibility index (Phi) is 2.59. The van der Waals surface area contributed by atoms with Gasteiger partial charge in [-0.1, -0.05) is 19.8 Å². The summed E-state index contributed by atoms with van der Waals surface area (Å²) in [7, 11) is 0. The fraction of sp³-hybridized carbons (Fsp3) is 0.824. The highest BCUT2D eigenvalue weighted by Gasteiger charge is 2.40. The first-order valence-electron chi connectivity index (χ1n) is 8.26. The molecule has 4 rings (SSSR count). The van der Waals surface area contributed by atoms with E-state index in [0.717, 1.165) is 5.92 Å². The number of fused-ring (bicyclic) bond motifs is 3. The summed E-state index contributed by atoms with van der Waals surface area (Å²) in [5.41, 5.74) is 3.74. The number of aromatic nitrogens is 2. The Balaban J connectivity index is 1.74. The van der Waals surface area contributed by atoms with Crippen molar-refractivity contribution in [2.24, 2.45) is 11.3 Å². The van der Waals surface area contributed by atoms with E-state index in [4.69, 9.17) is 4.98 Å². The van der Waals surface area contributed by atoms with Crippen molar-refractivity contribution in [1.29, 1.82) is 0 Å². The van der Waals surface area contributed by atoms with E-state index in [1.165, 1.54) is 69.3 Å². The Labute approximate surface area is 116 Å². The fourth-order valence-corrected chi connectivity index (χ4v) is 5.08. The third kappa shape index (κ3) is 1.79. The maximum absolute atomic E-state index is 5.01. The topological polar surface area (TPSA) is 17.8 Å². The zero-order valence-corrected chi connectivity index (χ0v) is 12.4. The minimum atomic E-state index is 0.659. The van der Waals surface area contributed by atoms with Crippen LogP contribution in [0.2, 0.25) is 0 Å². The van der Waals surface area contributed by atoms with Gasteiger partial charge in [0.25, 0.3) is 0 Å². The number of aryl methyl sites for hydroxylation is 1. The summed E-state index contributed by atoms with van der Waals surface area (Å²) < 4.78 is 2.63. The largest absolute Gasteiger partial charge is 0.329 e. The van der Waals surface area contributed by atoms with Crippen LogP contribution in [0.15, 0.2) is 0 Å². The van der Waals surface area contributed by atoms with Crippen molar-refractivity contribution in [3.63, 3.8) is 0 Å². The summed E-state index contributed by atoms with van der Waals surface area (Å²) in [4.78, 5) is 5.01. The molecule has 2 unspecified atom stereocenters. The molecule has 0 amide bonds. The molecule has 1 spiro atoms. The van der Waals surface area contributed by atoms with Crippen molar-refractivity contribution in [1.82, 2.24) is 9.55 Å². The van der Waals surface area contributed by atoms with Gasteiger partial charge in [-0.3, -0.25) is 0 Å². The molecule has 0 N–H and O–H groups in total. The van der Waals surface area contributed by atoms with Crippen LogP contribution in [0.5, 0.6) is 0 Å². The van der Waals surface area contributed by atoms with Gasteiger partial charge in [0.1, 0.15) is 5.82 Å². The van der Waals surface area contributed by atoms with E-state index in [9.17, 15) is 0 Å². The first-order valence-corrected chi connectivity index (χ1v) is 8.26. The van der Waals surface area contributed by atoms with Crippen LogP contribution >= 0.6 is 0 Å². The minimum Gasteiger partial charge on any atom is -0.329 e. The molecule has 0 saturated heterocycles. The highest BCUT2D eigenvalue weighted by molar-refractivity contribution is 5.25. The molecular weight excluding hydrogens is 232 g/mol. The van der Waals surface area contributed by atoms with Crippen molar-refractivity contribution >= 4 is 0 Å². The van der Waals surface area contributed by atoms with Gasteiger partial charge in [0.15, 0.2) is 0 Å². The number of hydrogen-bond acceptors (Lipinski definition) is 1. The molecule has 2 aliphatic carbocycles. The van der Waals surface area contributed by atoms with Gasteiger partial charge in [-0.05, 0) is 56.8 Å². The summed E-state index contributed by atoms with van der Waals surface area (Å²) in [5, 5.41) is 0. The summed E-state index contributed by atoms with van der Waals surface area (Å²) in [6.45, 7) is 4.78. The van der Waals surface area contributed by atoms with Gasteiger partial charge < -0.3 is 4.57 Å². The second-order valence-electron chi connectivity index (χ2n) is 7.57. The molecule has 1 aliphatic heterocycles. The molecule has 1 fully saturated rings. The normalized spacial score (nSPS) is 32.3. The number of rotatable bonds is 0. The van der Waals surface area contributed by atoms with Gasteiger partial charge in [-0.25, -0.2) is 4.98 Å². The predicted molar refractivity (Wildman–Crippen MR) is 77.3 cm³/mol. The van der Waals surface area contributed by atoms with Crippen LogP contribution in [0, 0.1) is 11.3 Å². The highest BCUT2D eigenvalue weighted by Crippen LogP contribution is 2.48. The quantitative estimate of drug-likeness (QED) is 0.685. The van der Waals surface area contributed by atoms with Crippen LogP contribution in [0.3, 0.4) is 0 Å². The van der Waals surface area contributed by atoms with Gasteiger partial charge in [0.2, 0.25) is 0 Å². The van der Waals surface area contributed by atoms with Gasteiger partial charge in [-0.2, -0.15) is 0 Å². The van der Waals surface area contributed by atoms with Gasteiger partial charge in [0.05, 0.1) is 5.69 Å². The van der Waals surface area contributed by atoms with Crippen molar-refractivity contribution < 1.29 is 0 Å². The Morgan fingerprint density at radius 3 is 2.74 bits per heavy atom. The third-order valence-corrected chi connectivity index (χ3v) is 5.98. The van der Waals surface area contributed by atoms with Crippen molar-refractivity contribution in [3.05, 3.63) is 17.2 Å². The van der Waals surface area contributed by atoms with Crippen LogP contribution in [0.4, 0.5) is 0 Å². The summed E-state index contributed by atoms with van der Waals surface area (Å²) in [6.07, 6.45) is 12.4. The average Bonchev–Trinajstić information content (AvgIpc) is 2.94. The molecule has 1 aromatic rings. The summed E-state index contributed by atoms with van der Waals surface area (Å²) in [5.74, 6) is 2.21. The lowest BCUT2D eigenvalue weighted by atomic mass is 9.73. The molecule has 0 aromatic carbocycles. The fourth-order valence-electron chi connectivity index (χ4n) is 5.08. The first kappa shape index (κ1) is 12.0. The zero-order valence-electron chi connectivity index (χ0n) is 12.4. The van der Waals surface area contributed by atoms with E-state index < -0.39 is 0 Å². The molecule has 3 aliphatic rings. The molecule has 0 bridgehead atoms. The van der Waals surface area contributed by atoms with E-state index in [1.807, 2.05) is 0 Å². The maximum Gasteiger partial charge on any atom is 0.109 e. The Morgan fingerprint density at radius 2 is 1.95 bits per heavy atom. The highest BCUT2D eigenvalue weighted by atomic mass is 15.1. The van der Waals surface area contributed by atoms with Gasteiger partial charge in [-0.15, -0.1) is 0 Å². The van der Waals surface area contributed by atoms with Crippen LogP contribution in [0.1, 0.15) is 75.6 Å². The van der Waals surface area contributed by atoms with Crippen molar-refractivity contribution in [3.8, 4) is 0 Å². The van der Waals surface area contributed by atoms with E-state index >= 15 is 0 Å². The Hall–Kier alpha value is -0.790. The van der Waals surface area contributed by atoms with Crippen LogP contribution in [0.25, 0.3) is 0 Å². The second kappa shape index (κ2) is 4.10. The molecule has 0 radical (unpaired) electrons. The standard InChI is InChI=1S/C17H26N2/c1-12-9-13(2)19-15-11-17(6-3-4-7-17)8-5-14(15)18-16(19)10-12/h12-13H,3-11H2,1-2H3. The van der Waals surface area contributed by atoms with E-state index in [0.29, 0.717) is 11.5 Å². The van der Waals surface area contributed by atoms with Crippen LogP contribution in [-0.4, -0.2) is 9.55 Å². The SMILES string of the molecule is CC1Cc2nc3c(n2C(C)C1)CC1(CCCC1)CC3. The number of imidazole rings is 1. The van der Waals surface area contributed by atoms with Crippen molar-refractivity contribution in [2.45, 2.75) is 77.7 Å². The molecule has 2 nitrogen and oxygen atoms in total. The first-order chi connectivity index (χ1) is 9.17. The number of hydrogen-bond donors (Lipinski definition) is 0. The molecule has 19 heavy (non-hydrogen) atoms. The smallest absolute Gasteiger partial charge is 0.109 e. The van der Waals surface area contributed by atoms with E-state index in [-0.39, 0.29) is 0 Å². The molecule has 2 atom stereocenters. The lowest BCUT2D eigenvalue weighted by Gasteiger charge is -2.35. The predicted octanol–water partition coefficient (Wildman–Crippen LogP) is 4.08. The van der Waals surface area contributed by atoms with Gasteiger partial charge >= 0.3 is 0 Å². The molecule has 2 heteroatoms. The average molecular weight is 258 g/mol. The summed E-state index contributed by atoms with van der Waals surface area (Å²) in [6, 6.07) is 0.673. The Morgan fingerprint density at radius 1 is 1.16 bits per heavy atom. The van der Waals surface area contributed by atoms with Crippen molar-refractivity contribution in [2.75, 3.05) is 0 Å². The second-order valence-corrected chi connectivity index (χ2v) is 7.57. The van der Waals surface area contributed by atoms with E-state index in [1.54, 1.807) is 5.69 Å².